The Morgan fingerprint density at radius 1 is 1.42 bits per heavy atom. The zero-order valence-corrected chi connectivity index (χ0v) is 11.0. The standard InChI is InChI=1S/C12H11ClF2N4/c1-6-5-19(12(16)18-6)17-4-8-9(13)3-10(14)7(2)11(8)15/h3-5H,1-2H3,(H2,16,18). The van der Waals surface area contributed by atoms with Crippen molar-refractivity contribution in [1.82, 2.24) is 9.66 Å². The van der Waals surface area contributed by atoms with E-state index in [2.05, 4.69) is 10.1 Å². The van der Waals surface area contributed by atoms with Gasteiger partial charge in [-0.2, -0.15) is 5.10 Å². The Morgan fingerprint density at radius 2 is 2.11 bits per heavy atom. The summed E-state index contributed by atoms with van der Waals surface area (Å²) in [5.41, 5.74) is 6.16. The smallest absolute Gasteiger partial charge is 0.221 e. The highest BCUT2D eigenvalue weighted by atomic mass is 35.5. The topological polar surface area (TPSA) is 56.2 Å². The molecule has 0 saturated heterocycles. The molecule has 2 N–H and O–H groups in total. The van der Waals surface area contributed by atoms with Crippen LogP contribution in [-0.2, 0) is 0 Å². The number of hydrogen-bond donors (Lipinski definition) is 1. The molecule has 0 saturated carbocycles. The van der Waals surface area contributed by atoms with E-state index < -0.39 is 11.6 Å². The Balaban J connectivity index is 2.44. The molecule has 0 amide bonds. The summed E-state index contributed by atoms with van der Waals surface area (Å²) >= 11 is 5.79. The Kier molecular flexibility index (Phi) is 3.53. The molecule has 0 aliphatic heterocycles. The van der Waals surface area contributed by atoms with Crippen LogP contribution >= 0.6 is 11.6 Å². The van der Waals surface area contributed by atoms with Gasteiger partial charge in [0.05, 0.1) is 23.1 Å². The lowest BCUT2D eigenvalue weighted by Gasteiger charge is -2.05. The highest BCUT2D eigenvalue weighted by Gasteiger charge is 2.13. The fraction of sp³-hybridized carbons (Fsp3) is 0.167. The normalized spacial score (nSPS) is 11.4. The van der Waals surface area contributed by atoms with Crippen LogP contribution < -0.4 is 5.73 Å². The summed E-state index contributed by atoms with van der Waals surface area (Å²) in [4.78, 5) is 3.94. The number of benzene rings is 1. The number of halogens is 3. The maximum atomic E-state index is 13.9. The Morgan fingerprint density at radius 3 is 2.68 bits per heavy atom. The minimum absolute atomic E-state index is 0.00585. The van der Waals surface area contributed by atoms with Crippen molar-refractivity contribution in [3.63, 3.8) is 0 Å². The molecule has 2 rings (SSSR count). The van der Waals surface area contributed by atoms with Crippen LogP contribution in [0, 0.1) is 25.5 Å². The van der Waals surface area contributed by atoms with Gasteiger partial charge in [-0.1, -0.05) is 11.6 Å². The van der Waals surface area contributed by atoms with Gasteiger partial charge >= 0.3 is 0 Å². The average Bonchev–Trinajstić information content (AvgIpc) is 2.65. The zero-order valence-electron chi connectivity index (χ0n) is 10.3. The number of rotatable bonds is 2. The summed E-state index contributed by atoms with van der Waals surface area (Å²) in [6, 6.07) is 1.05. The predicted molar refractivity (Wildman–Crippen MR) is 70.5 cm³/mol. The Labute approximate surface area is 113 Å². The molecule has 0 aliphatic rings. The second-order valence-corrected chi connectivity index (χ2v) is 4.43. The average molecular weight is 285 g/mol. The molecule has 0 spiro atoms. The minimum atomic E-state index is -0.746. The van der Waals surface area contributed by atoms with Crippen LogP contribution in [0.1, 0.15) is 16.8 Å². The van der Waals surface area contributed by atoms with Gasteiger partial charge in [0.25, 0.3) is 0 Å². The maximum absolute atomic E-state index is 13.9. The molecule has 0 atom stereocenters. The van der Waals surface area contributed by atoms with Crippen LogP contribution in [0.15, 0.2) is 17.4 Å². The van der Waals surface area contributed by atoms with Crippen molar-refractivity contribution in [3.8, 4) is 0 Å². The van der Waals surface area contributed by atoms with E-state index in [0.29, 0.717) is 5.69 Å². The maximum Gasteiger partial charge on any atom is 0.221 e. The lowest BCUT2D eigenvalue weighted by atomic mass is 10.1. The highest BCUT2D eigenvalue weighted by Crippen LogP contribution is 2.23. The van der Waals surface area contributed by atoms with Gasteiger partial charge in [0, 0.05) is 11.1 Å². The molecule has 1 heterocycles. The molecular formula is C12H11ClF2N4. The Bertz CT molecular complexity index is 664. The van der Waals surface area contributed by atoms with Crippen molar-refractivity contribution in [2.24, 2.45) is 5.10 Å². The predicted octanol–water partition coefficient (Wildman–Crippen LogP) is 2.90. The number of aromatic nitrogens is 2. The fourth-order valence-corrected chi connectivity index (χ4v) is 1.77. The van der Waals surface area contributed by atoms with E-state index in [-0.39, 0.29) is 22.1 Å². The van der Waals surface area contributed by atoms with Crippen molar-refractivity contribution >= 4 is 23.8 Å². The lowest BCUT2D eigenvalue weighted by molar-refractivity contribution is 0.567. The van der Waals surface area contributed by atoms with Crippen LogP contribution in [0.25, 0.3) is 0 Å². The monoisotopic (exact) mass is 284 g/mol. The van der Waals surface area contributed by atoms with Gasteiger partial charge in [-0.25, -0.2) is 18.4 Å². The molecule has 19 heavy (non-hydrogen) atoms. The number of imidazole rings is 1. The molecule has 0 bridgehead atoms. The first-order chi connectivity index (χ1) is 8.90. The highest BCUT2D eigenvalue weighted by molar-refractivity contribution is 6.33. The largest absolute Gasteiger partial charge is 0.368 e. The first-order valence-corrected chi connectivity index (χ1v) is 5.78. The van der Waals surface area contributed by atoms with E-state index in [1.54, 1.807) is 13.1 Å². The molecule has 2 aromatic rings. The zero-order chi connectivity index (χ0) is 14.2. The summed E-state index contributed by atoms with van der Waals surface area (Å²) in [5.74, 6) is -1.27. The van der Waals surface area contributed by atoms with E-state index in [1.165, 1.54) is 17.8 Å². The molecule has 1 aromatic heterocycles. The quantitative estimate of drug-likeness (QED) is 0.862. The van der Waals surface area contributed by atoms with E-state index in [9.17, 15) is 8.78 Å². The number of nitrogens with zero attached hydrogens (tertiary/aromatic N) is 3. The summed E-state index contributed by atoms with van der Waals surface area (Å²) in [6.45, 7) is 3.08. The molecule has 0 unspecified atom stereocenters. The van der Waals surface area contributed by atoms with Crippen molar-refractivity contribution < 1.29 is 8.78 Å². The van der Waals surface area contributed by atoms with Crippen molar-refractivity contribution in [3.05, 3.63) is 45.7 Å². The lowest BCUT2D eigenvalue weighted by Crippen LogP contribution is -2.00. The third kappa shape index (κ3) is 2.58. The first kappa shape index (κ1) is 13.5. The first-order valence-electron chi connectivity index (χ1n) is 5.40. The van der Waals surface area contributed by atoms with Gasteiger partial charge in [-0.3, -0.25) is 0 Å². The van der Waals surface area contributed by atoms with E-state index >= 15 is 0 Å². The van der Waals surface area contributed by atoms with Crippen molar-refractivity contribution in [2.45, 2.75) is 13.8 Å². The van der Waals surface area contributed by atoms with Crippen molar-refractivity contribution in [1.29, 1.82) is 0 Å². The van der Waals surface area contributed by atoms with Crippen LogP contribution in [0.4, 0.5) is 14.7 Å². The van der Waals surface area contributed by atoms with E-state index in [1.807, 2.05) is 0 Å². The summed E-state index contributed by atoms with van der Waals surface area (Å²) in [6.07, 6.45) is 2.76. The molecule has 0 fully saturated rings. The van der Waals surface area contributed by atoms with Gasteiger partial charge < -0.3 is 5.73 Å². The molecule has 7 heteroatoms. The van der Waals surface area contributed by atoms with Crippen LogP contribution in [-0.4, -0.2) is 15.9 Å². The van der Waals surface area contributed by atoms with Crippen LogP contribution in [0.2, 0.25) is 5.02 Å². The van der Waals surface area contributed by atoms with Gasteiger partial charge in [0.15, 0.2) is 0 Å². The number of nitrogen functional groups attached to an aromatic ring is 1. The van der Waals surface area contributed by atoms with Gasteiger partial charge in [-0.05, 0) is 19.9 Å². The molecule has 4 nitrogen and oxygen atoms in total. The van der Waals surface area contributed by atoms with Gasteiger partial charge in [-0.15, -0.1) is 0 Å². The molecule has 1 aromatic carbocycles. The molecular weight excluding hydrogens is 274 g/mol. The fourth-order valence-electron chi connectivity index (χ4n) is 1.54. The summed E-state index contributed by atoms with van der Waals surface area (Å²) < 4.78 is 28.4. The summed E-state index contributed by atoms with van der Waals surface area (Å²) in [5, 5.41) is 3.89. The second kappa shape index (κ2) is 4.97. The SMILES string of the molecule is Cc1cn(N=Cc2c(Cl)cc(F)c(C)c2F)c(N)n1. The third-order valence-electron chi connectivity index (χ3n) is 2.58. The number of nitrogens with two attached hydrogens (primary N) is 1. The van der Waals surface area contributed by atoms with Gasteiger partial charge in [0.2, 0.25) is 5.95 Å². The molecule has 0 radical (unpaired) electrons. The third-order valence-corrected chi connectivity index (χ3v) is 2.89. The second-order valence-electron chi connectivity index (χ2n) is 4.02. The van der Waals surface area contributed by atoms with E-state index in [0.717, 1.165) is 6.07 Å². The number of hydrogen-bond acceptors (Lipinski definition) is 3. The molecule has 0 aliphatic carbocycles. The van der Waals surface area contributed by atoms with Crippen LogP contribution in [0.5, 0.6) is 0 Å². The minimum Gasteiger partial charge on any atom is -0.368 e. The van der Waals surface area contributed by atoms with Crippen molar-refractivity contribution in [2.75, 3.05) is 5.73 Å². The summed E-state index contributed by atoms with van der Waals surface area (Å²) in [7, 11) is 0. The molecule has 100 valence electrons. The number of aryl methyl sites for hydroxylation is 1. The Hall–Kier alpha value is -1.95. The number of anilines is 1. The van der Waals surface area contributed by atoms with E-state index in [4.69, 9.17) is 17.3 Å². The van der Waals surface area contributed by atoms with Gasteiger partial charge in [0.1, 0.15) is 11.6 Å². The van der Waals surface area contributed by atoms with Crippen LogP contribution in [0.3, 0.4) is 0 Å².